The fourth-order valence-electron chi connectivity index (χ4n) is 2.81. The molecule has 21 heavy (non-hydrogen) atoms. The molecule has 2 N–H and O–H groups in total. The molecule has 0 aromatic carbocycles. The van der Waals surface area contributed by atoms with Crippen LogP contribution in [0.2, 0.25) is 0 Å². The highest BCUT2D eigenvalue weighted by Gasteiger charge is 2.23. The van der Waals surface area contributed by atoms with E-state index in [2.05, 4.69) is 48.1 Å². The van der Waals surface area contributed by atoms with E-state index < -0.39 is 0 Å². The van der Waals surface area contributed by atoms with Gasteiger partial charge in [-0.1, -0.05) is 19.9 Å². The summed E-state index contributed by atoms with van der Waals surface area (Å²) in [7, 11) is 2.05. The lowest BCUT2D eigenvalue weighted by Gasteiger charge is -2.27. The summed E-state index contributed by atoms with van der Waals surface area (Å²) in [4.78, 5) is 1.41. The van der Waals surface area contributed by atoms with Crippen molar-refractivity contribution < 1.29 is 4.42 Å². The Bertz CT molecular complexity index is 481. The van der Waals surface area contributed by atoms with Crippen molar-refractivity contribution in [3.05, 3.63) is 46.5 Å². The number of furan rings is 1. The zero-order chi connectivity index (χ0) is 15.1. The summed E-state index contributed by atoms with van der Waals surface area (Å²) in [5.41, 5.74) is 1.25. The minimum Gasteiger partial charge on any atom is -0.472 e. The van der Waals surface area contributed by atoms with Crippen LogP contribution in [0.1, 0.15) is 49.2 Å². The van der Waals surface area contributed by atoms with E-state index in [0.717, 1.165) is 19.4 Å². The van der Waals surface area contributed by atoms with Gasteiger partial charge in [0.15, 0.2) is 0 Å². The summed E-state index contributed by atoms with van der Waals surface area (Å²) in [6, 6.07) is 7.17. The Morgan fingerprint density at radius 1 is 1.33 bits per heavy atom. The fourth-order valence-corrected chi connectivity index (χ4v) is 3.78. The van der Waals surface area contributed by atoms with Gasteiger partial charge in [0.1, 0.15) is 0 Å². The minimum absolute atomic E-state index is 0.356. The topological polar surface area (TPSA) is 37.2 Å². The quantitative estimate of drug-likeness (QED) is 0.722. The highest BCUT2D eigenvalue weighted by molar-refractivity contribution is 7.10. The molecule has 3 atom stereocenters. The van der Waals surface area contributed by atoms with Crippen molar-refractivity contribution in [1.82, 2.24) is 10.6 Å². The van der Waals surface area contributed by atoms with Gasteiger partial charge < -0.3 is 15.1 Å². The van der Waals surface area contributed by atoms with Gasteiger partial charge in [0.25, 0.3) is 0 Å². The second-order valence-electron chi connectivity index (χ2n) is 5.56. The third-order valence-corrected chi connectivity index (χ3v) is 4.88. The van der Waals surface area contributed by atoms with Crippen LogP contribution in [-0.2, 0) is 0 Å². The summed E-state index contributed by atoms with van der Waals surface area (Å²) >= 11 is 1.82. The lowest BCUT2D eigenvalue weighted by Crippen LogP contribution is -2.29. The van der Waals surface area contributed by atoms with E-state index in [9.17, 15) is 0 Å². The summed E-state index contributed by atoms with van der Waals surface area (Å²) in [6.07, 6.45) is 5.85. The van der Waals surface area contributed by atoms with E-state index in [-0.39, 0.29) is 0 Å². The van der Waals surface area contributed by atoms with Gasteiger partial charge >= 0.3 is 0 Å². The molecule has 0 fully saturated rings. The standard InChI is InChI=1S/C17H26N2OS/c1-4-8-19-15(14-7-9-20-12-14)11-13(2)17(18-3)16-6-5-10-21-16/h5-7,9-10,12-13,15,17-19H,4,8,11H2,1-3H3. The predicted octanol–water partition coefficient (Wildman–Crippen LogP) is 4.37. The minimum atomic E-state index is 0.356. The molecule has 0 saturated heterocycles. The molecule has 0 aliphatic rings. The highest BCUT2D eigenvalue weighted by atomic mass is 32.1. The molecular weight excluding hydrogens is 280 g/mol. The summed E-state index contributed by atoms with van der Waals surface area (Å²) in [5.74, 6) is 0.540. The van der Waals surface area contributed by atoms with Gasteiger partial charge in [0.05, 0.1) is 12.5 Å². The maximum absolute atomic E-state index is 5.26. The van der Waals surface area contributed by atoms with Crippen molar-refractivity contribution in [2.24, 2.45) is 5.92 Å². The molecule has 2 aromatic rings. The van der Waals surface area contributed by atoms with Crippen LogP contribution in [0, 0.1) is 5.92 Å². The first kappa shape index (κ1) is 16.3. The Hall–Kier alpha value is -1.10. The summed E-state index contributed by atoms with van der Waals surface area (Å²) in [6.45, 7) is 5.55. The monoisotopic (exact) mass is 306 g/mol. The number of nitrogens with one attached hydrogen (secondary N) is 2. The Balaban J connectivity index is 2.04. The lowest BCUT2D eigenvalue weighted by atomic mass is 9.90. The second-order valence-corrected chi connectivity index (χ2v) is 6.54. The van der Waals surface area contributed by atoms with Crippen molar-refractivity contribution in [2.45, 2.75) is 38.8 Å². The van der Waals surface area contributed by atoms with Crippen molar-refractivity contribution in [3.8, 4) is 0 Å². The number of rotatable bonds is 9. The van der Waals surface area contributed by atoms with Crippen LogP contribution >= 0.6 is 11.3 Å². The van der Waals surface area contributed by atoms with Gasteiger partial charge in [0, 0.05) is 22.5 Å². The Kier molecular flexibility index (Phi) is 6.49. The van der Waals surface area contributed by atoms with E-state index in [1.54, 1.807) is 6.26 Å². The molecule has 3 nitrogen and oxygen atoms in total. The van der Waals surface area contributed by atoms with Crippen LogP contribution < -0.4 is 10.6 Å². The Morgan fingerprint density at radius 3 is 2.76 bits per heavy atom. The molecule has 0 amide bonds. The number of thiophene rings is 1. The molecule has 116 valence electrons. The maximum atomic E-state index is 5.26. The SMILES string of the molecule is CCCNC(CC(C)C(NC)c1cccs1)c1ccoc1. The Labute approximate surface area is 131 Å². The van der Waals surface area contributed by atoms with E-state index in [1.165, 1.54) is 10.4 Å². The van der Waals surface area contributed by atoms with Gasteiger partial charge in [-0.2, -0.15) is 0 Å². The molecule has 0 spiro atoms. The van der Waals surface area contributed by atoms with Crippen LogP contribution in [0.4, 0.5) is 0 Å². The van der Waals surface area contributed by atoms with Gasteiger partial charge in [-0.25, -0.2) is 0 Å². The third-order valence-electron chi connectivity index (χ3n) is 3.92. The van der Waals surface area contributed by atoms with Crippen LogP contribution in [-0.4, -0.2) is 13.6 Å². The first-order valence-electron chi connectivity index (χ1n) is 7.72. The van der Waals surface area contributed by atoms with E-state index in [0.29, 0.717) is 18.0 Å². The zero-order valence-corrected chi connectivity index (χ0v) is 14.0. The van der Waals surface area contributed by atoms with Crippen molar-refractivity contribution in [1.29, 1.82) is 0 Å². The van der Waals surface area contributed by atoms with Gasteiger partial charge in [0.2, 0.25) is 0 Å². The fraction of sp³-hybridized carbons (Fsp3) is 0.529. The molecule has 2 rings (SSSR count). The molecule has 0 radical (unpaired) electrons. The van der Waals surface area contributed by atoms with Crippen LogP contribution in [0.25, 0.3) is 0 Å². The third kappa shape index (κ3) is 4.43. The van der Waals surface area contributed by atoms with Gasteiger partial charge in [-0.05, 0) is 49.9 Å². The molecule has 0 bridgehead atoms. The maximum Gasteiger partial charge on any atom is 0.0950 e. The number of hydrogen-bond acceptors (Lipinski definition) is 4. The summed E-state index contributed by atoms with van der Waals surface area (Å²) < 4.78 is 5.26. The molecule has 0 aliphatic carbocycles. The first-order valence-corrected chi connectivity index (χ1v) is 8.60. The van der Waals surface area contributed by atoms with Crippen molar-refractivity contribution >= 4 is 11.3 Å². The average Bonchev–Trinajstić information content (AvgIpc) is 3.17. The van der Waals surface area contributed by atoms with E-state index >= 15 is 0 Å². The molecule has 2 aromatic heterocycles. The molecule has 3 unspecified atom stereocenters. The van der Waals surface area contributed by atoms with Gasteiger partial charge in [-0.3, -0.25) is 0 Å². The van der Waals surface area contributed by atoms with Gasteiger partial charge in [-0.15, -0.1) is 11.3 Å². The lowest BCUT2D eigenvalue weighted by molar-refractivity contribution is 0.336. The molecular formula is C17H26N2OS. The zero-order valence-electron chi connectivity index (χ0n) is 13.1. The average molecular weight is 306 g/mol. The smallest absolute Gasteiger partial charge is 0.0950 e. The molecule has 0 aliphatic heterocycles. The molecule has 0 saturated carbocycles. The molecule has 2 heterocycles. The highest BCUT2D eigenvalue weighted by Crippen LogP contribution is 2.32. The molecule has 4 heteroatoms. The predicted molar refractivity (Wildman–Crippen MR) is 89.6 cm³/mol. The first-order chi connectivity index (χ1) is 10.3. The normalized spacial score (nSPS) is 15.8. The van der Waals surface area contributed by atoms with E-state index in [1.807, 2.05) is 24.6 Å². The summed E-state index contributed by atoms with van der Waals surface area (Å²) in [5, 5.41) is 9.26. The largest absolute Gasteiger partial charge is 0.472 e. The van der Waals surface area contributed by atoms with Crippen molar-refractivity contribution in [3.63, 3.8) is 0 Å². The second kappa shape index (κ2) is 8.37. The van der Waals surface area contributed by atoms with E-state index in [4.69, 9.17) is 4.42 Å². The van der Waals surface area contributed by atoms with Crippen LogP contribution in [0.15, 0.2) is 40.5 Å². The van der Waals surface area contributed by atoms with Crippen LogP contribution in [0.3, 0.4) is 0 Å². The van der Waals surface area contributed by atoms with Crippen molar-refractivity contribution in [2.75, 3.05) is 13.6 Å². The number of hydrogen-bond donors (Lipinski definition) is 2. The Morgan fingerprint density at radius 2 is 2.19 bits per heavy atom. The van der Waals surface area contributed by atoms with Crippen LogP contribution in [0.5, 0.6) is 0 Å².